The summed E-state index contributed by atoms with van der Waals surface area (Å²) in [5, 5.41) is 7.12. The molecule has 0 bridgehead atoms. The summed E-state index contributed by atoms with van der Waals surface area (Å²) in [5.41, 5.74) is 0.892. The van der Waals surface area contributed by atoms with E-state index in [9.17, 15) is 18.0 Å². The van der Waals surface area contributed by atoms with Crippen LogP contribution < -0.4 is 4.90 Å². The largest absolute Gasteiger partial charge is 0.490 e. The third-order valence-electron chi connectivity index (χ3n) is 5.92. The Bertz CT molecular complexity index is 906. The number of carboxylic acid groups (broad SMARTS) is 1. The monoisotopic (exact) mass is 438 g/mol. The Morgan fingerprint density at radius 2 is 1.71 bits per heavy atom. The summed E-state index contributed by atoms with van der Waals surface area (Å²) in [4.78, 5) is 30.8. The number of carbonyl (C=O) groups is 2. The van der Waals surface area contributed by atoms with Crippen molar-refractivity contribution in [2.45, 2.75) is 32.0 Å². The maximum atomic E-state index is 13.1. The van der Waals surface area contributed by atoms with Crippen molar-refractivity contribution in [3.05, 3.63) is 48.5 Å². The molecule has 0 unspecified atom stereocenters. The van der Waals surface area contributed by atoms with E-state index >= 15 is 0 Å². The van der Waals surface area contributed by atoms with Crippen LogP contribution in [0.15, 0.2) is 42.7 Å². The number of nitrogens with zero attached hydrogens (tertiary/aromatic N) is 4. The van der Waals surface area contributed by atoms with Crippen molar-refractivity contribution in [1.29, 1.82) is 0 Å². The number of alkyl halides is 3. The third-order valence-corrected chi connectivity index (χ3v) is 5.92. The number of carboxylic acids is 1. The molecular weight excluding hydrogens is 413 g/mol. The van der Waals surface area contributed by atoms with Gasteiger partial charge in [0.15, 0.2) is 0 Å². The van der Waals surface area contributed by atoms with E-state index in [1.54, 1.807) is 0 Å². The van der Waals surface area contributed by atoms with Gasteiger partial charge in [-0.15, -0.1) is 0 Å². The number of para-hydroxylation sites is 1. The second-order valence-corrected chi connectivity index (χ2v) is 7.86. The molecule has 2 aliphatic rings. The van der Waals surface area contributed by atoms with Gasteiger partial charge >= 0.3 is 12.1 Å². The summed E-state index contributed by atoms with van der Waals surface area (Å²) < 4.78 is 33.8. The van der Waals surface area contributed by atoms with Crippen LogP contribution >= 0.6 is 0 Å². The van der Waals surface area contributed by atoms with Gasteiger partial charge in [-0.05, 0) is 44.5 Å². The number of hydrogen-bond donors (Lipinski definition) is 1. The van der Waals surface area contributed by atoms with Gasteiger partial charge in [-0.3, -0.25) is 9.69 Å². The van der Waals surface area contributed by atoms with E-state index in [0.717, 1.165) is 57.0 Å². The molecule has 168 valence electrons. The number of aromatic nitrogens is 2. The topological polar surface area (TPSA) is 78.7 Å². The first kappa shape index (κ1) is 22.8. The zero-order valence-electron chi connectivity index (χ0n) is 17.2. The molecule has 0 atom stereocenters. The maximum Gasteiger partial charge on any atom is 0.490 e. The number of aliphatic carboxylic acids is 1. The highest BCUT2D eigenvalue weighted by atomic mass is 19.4. The Morgan fingerprint density at radius 3 is 2.23 bits per heavy atom. The lowest BCUT2D eigenvalue weighted by Crippen LogP contribution is -2.44. The van der Waals surface area contributed by atoms with Crippen molar-refractivity contribution in [2.75, 3.05) is 24.5 Å². The molecule has 2 aliphatic heterocycles. The maximum absolute atomic E-state index is 13.1. The summed E-state index contributed by atoms with van der Waals surface area (Å²) in [6, 6.07) is 10.1. The standard InChI is InChI=1S/C19H24N4O.C2HF3O2/c1-21-14-10-20-17(21)15-22-11-7-19(8-12-22)9-13-23(18(19)24)16-5-3-2-4-6-16;3-2(4,5)1(6)7/h2-6,10,14H,7-9,11-13,15H2,1H3;(H,6,7). The first-order chi connectivity index (χ1) is 14.6. The lowest BCUT2D eigenvalue weighted by molar-refractivity contribution is -0.192. The fourth-order valence-corrected chi connectivity index (χ4v) is 4.03. The molecule has 10 heteroatoms. The first-order valence-corrected chi connectivity index (χ1v) is 9.98. The SMILES string of the molecule is Cn1ccnc1CN1CCC2(CC1)CCN(c1ccccc1)C2=O.O=C(O)C(F)(F)F. The summed E-state index contributed by atoms with van der Waals surface area (Å²) in [7, 11) is 2.03. The molecule has 2 saturated heterocycles. The fourth-order valence-electron chi connectivity index (χ4n) is 4.03. The summed E-state index contributed by atoms with van der Waals surface area (Å²) in [5.74, 6) is -1.34. The minimum absolute atomic E-state index is 0.145. The number of halogens is 3. The van der Waals surface area contributed by atoms with Crippen molar-refractivity contribution in [1.82, 2.24) is 14.5 Å². The highest BCUT2D eigenvalue weighted by Gasteiger charge is 2.48. The molecule has 1 N–H and O–H groups in total. The van der Waals surface area contributed by atoms with E-state index in [0.29, 0.717) is 5.91 Å². The van der Waals surface area contributed by atoms with Gasteiger partial charge in [0.25, 0.3) is 0 Å². The Morgan fingerprint density at radius 1 is 1.13 bits per heavy atom. The second-order valence-electron chi connectivity index (χ2n) is 7.86. The highest BCUT2D eigenvalue weighted by molar-refractivity contribution is 5.99. The van der Waals surface area contributed by atoms with E-state index in [-0.39, 0.29) is 5.41 Å². The Labute approximate surface area is 178 Å². The smallest absolute Gasteiger partial charge is 0.475 e. The number of aryl methyl sites for hydroxylation is 1. The molecule has 0 aliphatic carbocycles. The van der Waals surface area contributed by atoms with Gasteiger partial charge in [-0.25, -0.2) is 9.78 Å². The average Bonchev–Trinajstić information content (AvgIpc) is 3.28. The summed E-state index contributed by atoms with van der Waals surface area (Å²) in [6.07, 6.45) is 1.65. The van der Waals surface area contributed by atoms with Gasteiger partial charge in [0.05, 0.1) is 12.0 Å². The minimum atomic E-state index is -5.08. The van der Waals surface area contributed by atoms with Gasteiger partial charge in [-0.2, -0.15) is 13.2 Å². The van der Waals surface area contributed by atoms with Crippen LogP contribution in [0.25, 0.3) is 0 Å². The lowest BCUT2D eigenvalue weighted by atomic mass is 9.77. The average molecular weight is 438 g/mol. The van der Waals surface area contributed by atoms with Gasteiger partial charge in [0.2, 0.25) is 5.91 Å². The van der Waals surface area contributed by atoms with E-state index in [2.05, 4.69) is 14.5 Å². The molecule has 4 rings (SSSR count). The number of benzene rings is 1. The van der Waals surface area contributed by atoms with Crippen LogP contribution in [0.4, 0.5) is 18.9 Å². The van der Waals surface area contributed by atoms with Crippen molar-refractivity contribution < 1.29 is 27.9 Å². The molecule has 31 heavy (non-hydrogen) atoms. The van der Waals surface area contributed by atoms with E-state index in [1.807, 2.05) is 54.7 Å². The predicted molar refractivity (Wildman–Crippen MR) is 107 cm³/mol. The number of imidazole rings is 1. The van der Waals surface area contributed by atoms with E-state index < -0.39 is 12.1 Å². The van der Waals surface area contributed by atoms with Crippen LogP contribution in [-0.2, 0) is 23.2 Å². The number of likely N-dealkylation sites (tertiary alicyclic amines) is 1. The molecule has 3 heterocycles. The molecule has 0 radical (unpaired) electrons. The quantitative estimate of drug-likeness (QED) is 0.797. The van der Waals surface area contributed by atoms with E-state index in [1.165, 1.54) is 0 Å². The molecule has 0 saturated carbocycles. The van der Waals surface area contributed by atoms with Crippen LogP contribution in [0, 0.1) is 5.41 Å². The second kappa shape index (κ2) is 9.09. The van der Waals surface area contributed by atoms with Crippen molar-refractivity contribution in [3.63, 3.8) is 0 Å². The third kappa shape index (κ3) is 5.25. The van der Waals surface area contributed by atoms with Gasteiger partial charge in [0, 0.05) is 31.7 Å². The number of anilines is 1. The highest BCUT2D eigenvalue weighted by Crippen LogP contribution is 2.43. The number of rotatable bonds is 3. The Kier molecular flexibility index (Phi) is 6.68. The van der Waals surface area contributed by atoms with Crippen molar-refractivity contribution >= 4 is 17.6 Å². The molecular formula is C21H25F3N4O3. The van der Waals surface area contributed by atoms with Crippen LogP contribution in [0.5, 0.6) is 0 Å². The fraction of sp³-hybridized carbons (Fsp3) is 0.476. The molecule has 1 amide bonds. The minimum Gasteiger partial charge on any atom is -0.475 e. The normalized spacial score (nSPS) is 18.7. The number of piperidine rings is 1. The summed E-state index contributed by atoms with van der Waals surface area (Å²) in [6.45, 7) is 3.67. The number of hydrogen-bond acceptors (Lipinski definition) is 4. The van der Waals surface area contributed by atoms with Gasteiger partial charge < -0.3 is 14.6 Å². The Balaban J connectivity index is 0.000000339. The van der Waals surface area contributed by atoms with Crippen molar-refractivity contribution in [3.8, 4) is 0 Å². The molecule has 2 aromatic rings. The zero-order valence-corrected chi connectivity index (χ0v) is 17.2. The lowest BCUT2D eigenvalue weighted by Gasteiger charge is -2.37. The molecule has 7 nitrogen and oxygen atoms in total. The molecule has 1 aromatic heterocycles. The van der Waals surface area contributed by atoms with Crippen LogP contribution in [0.3, 0.4) is 0 Å². The van der Waals surface area contributed by atoms with Gasteiger partial charge in [0.1, 0.15) is 5.82 Å². The molecule has 1 spiro atoms. The molecule has 2 fully saturated rings. The molecule has 1 aromatic carbocycles. The summed E-state index contributed by atoms with van der Waals surface area (Å²) >= 11 is 0. The van der Waals surface area contributed by atoms with Gasteiger partial charge in [-0.1, -0.05) is 18.2 Å². The Hall–Kier alpha value is -2.88. The number of amides is 1. The van der Waals surface area contributed by atoms with Crippen LogP contribution in [0.2, 0.25) is 0 Å². The predicted octanol–water partition coefficient (Wildman–Crippen LogP) is 3.07. The van der Waals surface area contributed by atoms with Crippen LogP contribution in [-0.4, -0.2) is 57.2 Å². The zero-order chi connectivity index (χ0) is 22.6. The van der Waals surface area contributed by atoms with Crippen LogP contribution in [0.1, 0.15) is 25.1 Å². The number of carbonyl (C=O) groups excluding carboxylic acids is 1. The van der Waals surface area contributed by atoms with Crippen molar-refractivity contribution in [2.24, 2.45) is 12.5 Å². The first-order valence-electron chi connectivity index (χ1n) is 9.98. The van der Waals surface area contributed by atoms with E-state index in [4.69, 9.17) is 9.90 Å².